The Morgan fingerprint density at radius 3 is 0.897 bits per heavy atom. The molecule has 0 saturated carbocycles. The van der Waals surface area contributed by atoms with Gasteiger partial charge in [0.2, 0.25) is 0 Å². The molecule has 0 aliphatic carbocycles. The van der Waals surface area contributed by atoms with E-state index in [1.54, 1.807) is 0 Å². The van der Waals surface area contributed by atoms with Crippen molar-refractivity contribution >= 4 is 17.9 Å². The van der Waals surface area contributed by atoms with Crippen LogP contribution in [0.2, 0.25) is 0 Å². The first kappa shape index (κ1) is 64.8. The fourth-order valence-corrected chi connectivity index (χ4v) is 8.15. The number of esters is 3. The lowest BCUT2D eigenvalue weighted by atomic mass is 10.0. The average molecular weight is 950 g/mol. The molecule has 0 radical (unpaired) electrons. The van der Waals surface area contributed by atoms with Gasteiger partial charge in [0, 0.05) is 19.3 Å². The summed E-state index contributed by atoms with van der Waals surface area (Å²) in [5, 5.41) is 0. The van der Waals surface area contributed by atoms with Gasteiger partial charge < -0.3 is 14.2 Å². The Bertz CT molecular complexity index is 1270. The Kier molecular flexibility index (Phi) is 53.8. The van der Waals surface area contributed by atoms with Crippen molar-refractivity contribution in [2.45, 2.75) is 290 Å². The molecule has 0 aromatic carbocycles. The van der Waals surface area contributed by atoms with Crippen molar-refractivity contribution in [3.63, 3.8) is 0 Å². The summed E-state index contributed by atoms with van der Waals surface area (Å²) in [5.74, 6) is -0.913. The largest absolute Gasteiger partial charge is 0.462 e. The molecule has 0 spiro atoms. The SMILES string of the molecule is CC/C=C\C/C=C\C/C=C\C/C=C\C/C=C\C/C=C\CCCCCCC(=O)OCC(COC(=O)CCCCCCC)OC(=O)CCCCCCCCCCCCCCCCCCCCCCCC. The van der Waals surface area contributed by atoms with Gasteiger partial charge in [-0.1, -0.05) is 267 Å². The first-order valence-corrected chi connectivity index (χ1v) is 28.9. The number of ether oxygens (including phenoxy) is 3. The molecular weight excluding hydrogens is 841 g/mol. The van der Waals surface area contributed by atoms with Crippen LogP contribution in [-0.2, 0) is 28.6 Å². The van der Waals surface area contributed by atoms with Gasteiger partial charge in [-0.05, 0) is 70.6 Å². The van der Waals surface area contributed by atoms with Crippen LogP contribution in [0.5, 0.6) is 0 Å². The van der Waals surface area contributed by atoms with Crippen LogP contribution in [0.1, 0.15) is 284 Å². The third kappa shape index (κ3) is 53.8. The maximum absolute atomic E-state index is 12.8. The third-order valence-corrected chi connectivity index (χ3v) is 12.5. The molecule has 0 heterocycles. The van der Waals surface area contributed by atoms with Gasteiger partial charge in [0.15, 0.2) is 6.10 Å². The molecule has 0 aromatic heterocycles. The van der Waals surface area contributed by atoms with E-state index in [1.807, 2.05) is 0 Å². The van der Waals surface area contributed by atoms with Crippen LogP contribution in [0.15, 0.2) is 72.9 Å². The topological polar surface area (TPSA) is 78.9 Å². The van der Waals surface area contributed by atoms with Gasteiger partial charge in [0.25, 0.3) is 0 Å². The second-order valence-corrected chi connectivity index (χ2v) is 19.2. The minimum Gasteiger partial charge on any atom is -0.462 e. The molecule has 0 amide bonds. The maximum Gasteiger partial charge on any atom is 0.306 e. The summed E-state index contributed by atoms with van der Waals surface area (Å²) < 4.78 is 16.7. The van der Waals surface area contributed by atoms with E-state index in [2.05, 4.69) is 93.7 Å². The highest BCUT2D eigenvalue weighted by molar-refractivity contribution is 5.71. The van der Waals surface area contributed by atoms with E-state index in [9.17, 15) is 14.4 Å². The van der Waals surface area contributed by atoms with Crippen LogP contribution in [-0.4, -0.2) is 37.2 Å². The monoisotopic (exact) mass is 949 g/mol. The average Bonchev–Trinajstić information content (AvgIpc) is 3.34. The van der Waals surface area contributed by atoms with E-state index in [1.165, 1.54) is 128 Å². The predicted molar refractivity (Wildman–Crippen MR) is 293 cm³/mol. The van der Waals surface area contributed by atoms with Crippen LogP contribution in [0, 0.1) is 0 Å². The summed E-state index contributed by atoms with van der Waals surface area (Å²) in [7, 11) is 0. The summed E-state index contributed by atoms with van der Waals surface area (Å²) >= 11 is 0. The zero-order valence-electron chi connectivity index (χ0n) is 44.9. The molecule has 0 N–H and O–H groups in total. The molecule has 0 fully saturated rings. The molecule has 0 aliphatic rings. The van der Waals surface area contributed by atoms with Crippen LogP contribution in [0.3, 0.4) is 0 Å². The number of rotatable bonds is 52. The lowest BCUT2D eigenvalue weighted by Gasteiger charge is -2.18. The highest BCUT2D eigenvalue weighted by Gasteiger charge is 2.19. The molecule has 0 bridgehead atoms. The highest BCUT2D eigenvalue weighted by atomic mass is 16.6. The predicted octanol–water partition coefficient (Wildman–Crippen LogP) is 19.4. The summed E-state index contributed by atoms with van der Waals surface area (Å²) in [4.78, 5) is 37.8. The van der Waals surface area contributed by atoms with Crippen LogP contribution >= 0.6 is 0 Å². The van der Waals surface area contributed by atoms with Crippen molar-refractivity contribution in [3.05, 3.63) is 72.9 Å². The number of carbonyl (C=O) groups excluding carboxylic acids is 3. The summed E-state index contributed by atoms with van der Waals surface area (Å²) in [6.07, 6.45) is 72.3. The molecule has 0 saturated heterocycles. The first-order chi connectivity index (χ1) is 33.5. The Morgan fingerprint density at radius 1 is 0.309 bits per heavy atom. The summed E-state index contributed by atoms with van der Waals surface area (Å²) in [5.41, 5.74) is 0. The van der Waals surface area contributed by atoms with Crippen molar-refractivity contribution in [2.75, 3.05) is 13.2 Å². The lowest BCUT2D eigenvalue weighted by Crippen LogP contribution is -2.30. The van der Waals surface area contributed by atoms with Gasteiger partial charge in [-0.2, -0.15) is 0 Å². The molecule has 1 atom stereocenters. The van der Waals surface area contributed by atoms with Gasteiger partial charge >= 0.3 is 17.9 Å². The molecule has 6 heteroatoms. The molecule has 0 aliphatic heterocycles. The fourth-order valence-electron chi connectivity index (χ4n) is 8.15. The molecule has 392 valence electrons. The van der Waals surface area contributed by atoms with Crippen LogP contribution < -0.4 is 0 Å². The van der Waals surface area contributed by atoms with Crippen molar-refractivity contribution in [2.24, 2.45) is 0 Å². The minimum atomic E-state index is -0.781. The van der Waals surface area contributed by atoms with Gasteiger partial charge in [-0.25, -0.2) is 0 Å². The van der Waals surface area contributed by atoms with E-state index >= 15 is 0 Å². The molecule has 0 aromatic rings. The minimum absolute atomic E-state index is 0.0826. The first-order valence-electron chi connectivity index (χ1n) is 28.9. The fraction of sp³-hybridized carbons (Fsp3) is 0.758. The molecule has 6 nitrogen and oxygen atoms in total. The number of allylic oxidation sites excluding steroid dienone is 12. The number of hydrogen-bond donors (Lipinski definition) is 0. The Labute approximate surface area is 421 Å². The highest BCUT2D eigenvalue weighted by Crippen LogP contribution is 2.16. The van der Waals surface area contributed by atoms with Crippen molar-refractivity contribution in [1.82, 2.24) is 0 Å². The summed E-state index contributed by atoms with van der Waals surface area (Å²) in [6.45, 7) is 6.45. The Hall–Kier alpha value is -3.15. The van der Waals surface area contributed by atoms with Crippen LogP contribution in [0.4, 0.5) is 0 Å². The van der Waals surface area contributed by atoms with Crippen molar-refractivity contribution in [1.29, 1.82) is 0 Å². The standard InChI is InChI=1S/C62H108O6/c1-4-7-10-13-15-17-19-21-23-25-27-29-31-33-34-36-38-40-42-44-46-49-52-55-61(64)67-58-59(57-66-60(63)54-51-48-12-9-6-3)68-62(65)56-53-50-47-45-43-41-39-37-35-32-30-28-26-24-22-20-18-16-14-11-8-5-2/h7,10,15,17,21,23,27,29,33-34,38,40,59H,4-6,8-9,11-14,16,18-20,22,24-26,28,30-32,35-37,39,41-58H2,1-3H3/b10-7-,17-15-,23-21-,29-27-,34-33-,40-38-. The van der Waals surface area contributed by atoms with E-state index in [-0.39, 0.29) is 31.1 Å². The maximum atomic E-state index is 12.8. The van der Waals surface area contributed by atoms with Crippen molar-refractivity contribution in [3.8, 4) is 0 Å². The lowest BCUT2D eigenvalue weighted by molar-refractivity contribution is -0.167. The quantitative estimate of drug-likeness (QED) is 0.0262. The smallest absolute Gasteiger partial charge is 0.306 e. The summed E-state index contributed by atoms with van der Waals surface area (Å²) in [6, 6.07) is 0. The van der Waals surface area contributed by atoms with E-state index in [0.29, 0.717) is 19.3 Å². The number of unbranched alkanes of at least 4 members (excludes halogenated alkanes) is 29. The molecular formula is C62H108O6. The normalized spacial score (nSPS) is 12.6. The number of hydrogen-bond acceptors (Lipinski definition) is 6. The number of carbonyl (C=O) groups is 3. The van der Waals surface area contributed by atoms with Crippen LogP contribution in [0.25, 0.3) is 0 Å². The molecule has 0 rings (SSSR count). The van der Waals surface area contributed by atoms with Crippen molar-refractivity contribution < 1.29 is 28.6 Å². The zero-order chi connectivity index (χ0) is 49.3. The Balaban J connectivity index is 4.14. The van der Waals surface area contributed by atoms with Gasteiger partial charge in [0.05, 0.1) is 0 Å². The second-order valence-electron chi connectivity index (χ2n) is 19.2. The second kappa shape index (κ2) is 56.4. The molecule has 68 heavy (non-hydrogen) atoms. The van der Waals surface area contributed by atoms with Gasteiger partial charge in [-0.3, -0.25) is 14.4 Å². The zero-order valence-corrected chi connectivity index (χ0v) is 44.9. The van der Waals surface area contributed by atoms with E-state index in [4.69, 9.17) is 14.2 Å². The molecule has 1 unspecified atom stereocenters. The third-order valence-electron chi connectivity index (χ3n) is 12.5. The van der Waals surface area contributed by atoms with Gasteiger partial charge in [0.1, 0.15) is 13.2 Å². The van der Waals surface area contributed by atoms with E-state index < -0.39 is 6.10 Å². The van der Waals surface area contributed by atoms with Gasteiger partial charge in [-0.15, -0.1) is 0 Å². The Morgan fingerprint density at radius 2 is 0.574 bits per heavy atom. The van der Waals surface area contributed by atoms with E-state index in [0.717, 1.165) is 116 Å².